The lowest BCUT2D eigenvalue weighted by atomic mass is 9.95. The molecule has 0 rings (SSSR count). The molecule has 216 valence electrons. The van der Waals surface area contributed by atoms with Gasteiger partial charge in [0.25, 0.3) is 0 Å². The van der Waals surface area contributed by atoms with Crippen LogP contribution in [0.25, 0.3) is 0 Å². The average molecular weight is 509 g/mol. The van der Waals surface area contributed by atoms with Crippen molar-refractivity contribution in [2.24, 2.45) is 5.92 Å². The maximum Gasteiger partial charge on any atom is 0.305 e. The molecule has 0 heterocycles. The van der Waals surface area contributed by atoms with E-state index in [0.29, 0.717) is 18.9 Å². The maximum atomic E-state index is 12.3. The minimum Gasteiger partial charge on any atom is -0.465 e. The van der Waals surface area contributed by atoms with Gasteiger partial charge in [-0.15, -0.1) is 0 Å². The second kappa shape index (κ2) is 30.7. The van der Waals surface area contributed by atoms with Crippen molar-refractivity contribution in [2.75, 3.05) is 6.61 Å². The molecule has 0 spiro atoms. The second-order valence-corrected chi connectivity index (χ2v) is 11.7. The Balaban J connectivity index is 3.75. The van der Waals surface area contributed by atoms with E-state index in [1.807, 2.05) is 0 Å². The quantitative estimate of drug-likeness (QED) is 0.0712. The second-order valence-electron chi connectivity index (χ2n) is 11.7. The Morgan fingerprint density at radius 1 is 0.444 bits per heavy atom. The molecule has 0 aromatic carbocycles. The lowest BCUT2D eigenvalue weighted by molar-refractivity contribution is -0.145. The molecule has 0 saturated carbocycles. The SMILES string of the molecule is CCCCCCCCCCCCCCCC(=O)OCC(CCCCCC)CCCCCCCCCC. The van der Waals surface area contributed by atoms with Crippen molar-refractivity contribution in [3.8, 4) is 0 Å². The molecule has 0 saturated heterocycles. The van der Waals surface area contributed by atoms with Gasteiger partial charge in [0, 0.05) is 6.42 Å². The molecule has 2 nitrogen and oxygen atoms in total. The van der Waals surface area contributed by atoms with Gasteiger partial charge < -0.3 is 4.74 Å². The molecule has 0 radical (unpaired) electrons. The fourth-order valence-electron chi connectivity index (χ4n) is 5.31. The Morgan fingerprint density at radius 3 is 1.14 bits per heavy atom. The van der Waals surface area contributed by atoms with Crippen LogP contribution in [0, 0.1) is 5.92 Å². The zero-order valence-corrected chi connectivity index (χ0v) is 25.4. The van der Waals surface area contributed by atoms with E-state index in [1.54, 1.807) is 0 Å². The van der Waals surface area contributed by atoms with Crippen molar-refractivity contribution in [1.82, 2.24) is 0 Å². The smallest absolute Gasteiger partial charge is 0.305 e. The number of unbranched alkanes of at least 4 members (excludes halogenated alkanes) is 22. The van der Waals surface area contributed by atoms with Crippen molar-refractivity contribution in [3.05, 3.63) is 0 Å². The molecule has 2 heteroatoms. The van der Waals surface area contributed by atoms with E-state index in [1.165, 1.54) is 167 Å². The molecular formula is C34H68O2. The van der Waals surface area contributed by atoms with Crippen molar-refractivity contribution >= 4 is 5.97 Å². The van der Waals surface area contributed by atoms with Gasteiger partial charge in [-0.05, 0) is 25.2 Å². The van der Waals surface area contributed by atoms with Crippen LogP contribution in [-0.2, 0) is 9.53 Å². The predicted octanol–water partition coefficient (Wildman–Crippen LogP) is 12.1. The largest absolute Gasteiger partial charge is 0.465 e. The van der Waals surface area contributed by atoms with Gasteiger partial charge >= 0.3 is 5.97 Å². The monoisotopic (exact) mass is 509 g/mol. The van der Waals surface area contributed by atoms with Crippen LogP contribution in [0.1, 0.15) is 201 Å². The Morgan fingerprint density at radius 2 is 0.750 bits per heavy atom. The van der Waals surface area contributed by atoms with E-state index in [9.17, 15) is 4.79 Å². The lowest BCUT2D eigenvalue weighted by Crippen LogP contribution is -2.14. The Hall–Kier alpha value is -0.530. The normalized spacial score (nSPS) is 12.2. The summed E-state index contributed by atoms with van der Waals surface area (Å²) in [6, 6.07) is 0. The van der Waals surface area contributed by atoms with E-state index in [2.05, 4.69) is 20.8 Å². The van der Waals surface area contributed by atoms with Gasteiger partial charge in [-0.1, -0.05) is 175 Å². The molecule has 36 heavy (non-hydrogen) atoms. The standard InChI is InChI=1S/C34H68O2/c1-4-7-10-13-15-17-18-19-20-21-23-25-28-31-34(35)36-32-33(29-26-12-9-6-3)30-27-24-22-16-14-11-8-5-2/h33H,4-32H2,1-3H3. The summed E-state index contributed by atoms with van der Waals surface area (Å²) in [6.07, 6.45) is 36.8. The number of rotatable bonds is 30. The van der Waals surface area contributed by atoms with E-state index in [4.69, 9.17) is 4.74 Å². The summed E-state index contributed by atoms with van der Waals surface area (Å²) in [4.78, 5) is 12.3. The van der Waals surface area contributed by atoms with Crippen LogP contribution in [0.2, 0.25) is 0 Å². The summed E-state index contributed by atoms with van der Waals surface area (Å²) in [7, 11) is 0. The molecule has 0 aromatic heterocycles. The van der Waals surface area contributed by atoms with Gasteiger partial charge in [0.15, 0.2) is 0 Å². The van der Waals surface area contributed by atoms with E-state index in [-0.39, 0.29) is 5.97 Å². The first-order valence-corrected chi connectivity index (χ1v) is 16.9. The van der Waals surface area contributed by atoms with Crippen molar-refractivity contribution in [1.29, 1.82) is 0 Å². The van der Waals surface area contributed by atoms with Gasteiger partial charge in [-0.3, -0.25) is 4.79 Å². The highest BCUT2D eigenvalue weighted by molar-refractivity contribution is 5.69. The molecule has 0 aliphatic heterocycles. The van der Waals surface area contributed by atoms with Crippen molar-refractivity contribution in [3.63, 3.8) is 0 Å². The van der Waals surface area contributed by atoms with Crippen LogP contribution in [0.15, 0.2) is 0 Å². The zero-order valence-electron chi connectivity index (χ0n) is 25.4. The van der Waals surface area contributed by atoms with E-state index >= 15 is 0 Å². The van der Waals surface area contributed by atoms with Gasteiger partial charge in [0.2, 0.25) is 0 Å². The molecule has 0 aliphatic rings. The predicted molar refractivity (Wildman–Crippen MR) is 161 cm³/mol. The minimum atomic E-state index is 0.0487. The molecule has 0 bridgehead atoms. The van der Waals surface area contributed by atoms with Crippen LogP contribution in [0.3, 0.4) is 0 Å². The summed E-state index contributed by atoms with van der Waals surface area (Å²) in [5.41, 5.74) is 0. The molecule has 1 atom stereocenters. The van der Waals surface area contributed by atoms with Gasteiger partial charge in [-0.2, -0.15) is 0 Å². The van der Waals surface area contributed by atoms with Crippen LogP contribution in [0.5, 0.6) is 0 Å². The third-order valence-electron chi connectivity index (χ3n) is 7.90. The molecule has 0 fully saturated rings. The number of carbonyl (C=O) groups is 1. The highest BCUT2D eigenvalue weighted by Crippen LogP contribution is 2.20. The van der Waals surface area contributed by atoms with E-state index in [0.717, 1.165) is 6.42 Å². The molecule has 0 N–H and O–H groups in total. The number of hydrogen-bond donors (Lipinski definition) is 0. The maximum absolute atomic E-state index is 12.3. The van der Waals surface area contributed by atoms with Crippen LogP contribution in [-0.4, -0.2) is 12.6 Å². The van der Waals surface area contributed by atoms with Crippen LogP contribution >= 0.6 is 0 Å². The van der Waals surface area contributed by atoms with Gasteiger partial charge in [-0.25, -0.2) is 0 Å². The van der Waals surface area contributed by atoms with Crippen LogP contribution in [0.4, 0.5) is 0 Å². The highest BCUT2D eigenvalue weighted by Gasteiger charge is 2.12. The highest BCUT2D eigenvalue weighted by atomic mass is 16.5. The molecule has 0 aliphatic carbocycles. The Kier molecular flexibility index (Phi) is 30.2. The summed E-state index contributed by atoms with van der Waals surface area (Å²) >= 11 is 0. The van der Waals surface area contributed by atoms with Gasteiger partial charge in [0.1, 0.15) is 0 Å². The van der Waals surface area contributed by atoms with Gasteiger partial charge in [0.05, 0.1) is 6.61 Å². The summed E-state index contributed by atoms with van der Waals surface area (Å²) < 4.78 is 5.75. The number of esters is 1. The first kappa shape index (κ1) is 35.5. The third-order valence-corrected chi connectivity index (χ3v) is 7.90. The van der Waals surface area contributed by atoms with Crippen molar-refractivity contribution < 1.29 is 9.53 Å². The molecule has 0 amide bonds. The molecule has 0 aromatic rings. The summed E-state index contributed by atoms with van der Waals surface area (Å²) in [5, 5.41) is 0. The van der Waals surface area contributed by atoms with Crippen LogP contribution < -0.4 is 0 Å². The first-order valence-electron chi connectivity index (χ1n) is 16.9. The first-order chi connectivity index (χ1) is 17.7. The topological polar surface area (TPSA) is 26.3 Å². The molecular weight excluding hydrogens is 440 g/mol. The van der Waals surface area contributed by atoms with Crippen molar-refractivity contribution in [2.45, 2.75) is 201 Å². The fraction of sp³-hybridized carbons (Fsp3) is 0.971. The minimum absolute atomic E-state index is 0.0487. The summed E-state index contributed by atoms with van der Waals surface area (Å²) in [6.45, 7) is 7.51. The average Bonchev–Trinajstić information content (AvgIpc) is 2.88. The number of carbonyl (C=O) groups excluding carboxylic acids is 1. The third kappa shape index (κ3) is 28.0. The van der Waals surface area contributed by atoms with E-state index < -0.39 is 0 Å². The Bertz CT molecular complexity index is 419. The lowest BCUT2D eigenvalue weighted by Gasteiger charge is -2.17. The fourth-order valence-corrected chi connectivity index (χ4v) is 5.31. The summed E-state index contributed by atoms with van der Waals surface area (Å²) in [5.74, 6) is 0.630. The zero-order chi connectivity index (χ0) is 26.4. The number of ether oxygens (including phenoxy) is 1. The molecule has 1 unspecified atom stereocenters. The Labute approximate surface area is 228 Å². The number of hydrogen-bond acceptors (Lipinski definition) is 2.